The number of guanidine groups is 1. The van der Waals surface area contributed by atoms with Gasteiger partial charge in [0, 0.05) is 25.2 Å². The Morgan fingerprint density at radius 2 is 1.95 bits per heavy atom. The first-order valence-corrected chi connectivity index (χ1v) is 6.73. The van der Waals surface area contributed by atoms with Crippen LogP contribution in [0, 0.1) is 0 Å². The van der Waals surface area contributed by atoms with Crippen LogP contribution < -0.4 is 11.1 Å². The highest BCUT2D eigenvalue weighted by atomic mass is 127. The number of amides is 1. The van der Waals surface area contributed by atoms with Gasteiger partial charge in [0.25, 0.3) is 5.91 Å². The number of morpholine rings is 1. The summed E-state index contributed by atoms with van der Waals surface area (Å²) in [6.07, 6.45) is 0. The number of aliphatic imine (C=N–C) groups is 1. The molecule has 7 heteroatoms. The van der Waals surface area contributed by atoms with Crippen LogP contribution >= 0.6 is 24.0 Å². The third kappa shape index (κ3) is 5.88. The van der Waals surface area contributed by atoms with Crippen molar-refractivity contribution < 1.29 is 9.53 Å². The summed E-state index contributed by atoms with van der Waals surface area (Å²) in [6, 6.07) is 9.11. The Labute approximate surface area is 141 Å². The first-order valence-electron chi connectivity index (χ1n) is 6.73. The summed E-state index contributed by atoms with van der Waals surface area (Å²) < 4.78 is 5.25. The van der Waals surface area contributed by atoms with Crippen molar-refractivity contribution in [2.24, 2.45) is 10.7 Å². The molecule has 0 unspecified atom stereocenters. The Hall–Kier alpha value is -1.35. The van der Waals surface area contributed by atoms with Crippen molar-refractivity contribution in [1.29, 1.82) is 0 Å². The highest BCUT2D eigenvalue weighted by Gasteiger charge is 2.11. The number of benzene rings is 1. The van der Waals surface area contributed by atoms with Crippen molar-refractivity contribution in [1.82, 2.24) is 10.2 Å². The molecule has 0 spiro atoms. The number of hydrogen-bond donors (Lipinski definition) is 2. The summed E-state index contributed by atoms with van der Waals surface area (Å²) >= 11 is 0. The first-order chi connectivity index (χ1) is 9.77. The Balaban J connectivity index is 0.00000220. The smallest absolute Gasteiger partial charge is 0.251 e. The Morgan fingerprint density at radius 3 is 2.62 bits per heavy atom. The highest BCUT2D eigenvalue weighted by molar-refractivity contribution is 14.0. The average molecular weight is 404 g/mol. The van der Waals surface area contributed by atoms with E-state index in [-0.39, 0.29) is 29.9 Å². The van der Waals surface area contributed by atoms with Crippen LogP contribution in [0.15, 0.2) is 35.3 Å². The summed E-state index contributed by atoms with van der Waals surface area (Å²) in [7, 11) is 0. The second-order valence-electron chi connectivity index (χ2n) is 4.46. The summed E-state index contributed by atoms with van der Waals surface area (Å²) in [4.78, 5) is 18.0. The second kappa shape index (κ2) is 9.56. The van der Waals surface area contributed by atoms with Crippen LogP contribution in [0.2, 0.25) is 0 Å². The number of carbonyl (C=O) groups excluding carboxylic acids is 1. The van der Waals surface area contributed by atoms with Crippen molar-refractivity contribution >= 4 is 35.8 Å². The fourth-order valence-corrected chi connectivity index (χ4v) is 1.92. The lowest BCUT2D eigenvalue weighted by atomic mass is 10.2. The SMILES string of the molecule is I.NC(=NCCNC(=O)c1ccccc1)N1CCOCC1. The number of hydrogen-bond acceptors (Lipinski definition) is 3. The number of rotatable bonds is 4. The number of nitrogens with one attached hydrogen (secondary N) is 1. The van der Waals surface area contributed by atoms with Crippen LogP contribution in [-0.2, 0) is 4.74 Å². The topological polar surface area (TPSA) is 79.9 Å². The molecule has 0 atom stereocenters. The standard InChI is InChI=1S/C14H20N4O2.HI/c15-14(18-8-10-20-11-9-18)17-7-6-16-13(19)12-4-2-1-3-5-12;/h1-5H,6-11H2,(H2,15,17)(H,16,19);1H. The molecule has 21 heavy (non-hydrogen) atoms. The van der Waals surface area contributed by atoms with Gasteiger partial charge in [-0.3, -0.25) is 9.79 Å². The summed E-state index contributed by atoms with van der Waals surface area (Å²) in [6.45, 7) is 3.85. The number of ether oxygens (including phenoxy) is 1. The predicted octanol–water partition coefficient (Wildman–Crippen LogP) is 0.681. The van der Waals surface area contributed by atoms with Crippen LogP contribution in [0.3, 0.4) is 0 Å². The zero-order chi connectivity index (χ0) is 14.2. The van der Waals surface area contributed by atoms with Gasteiger partial charge in [-0.15, -0.1) is 24.0 Å². The molecule has 0 radical (unpaired) electrons. The molecule has 1 saturated heterocycles. The Morgan fingerprint density at radius 1 is 1.29 bits per heavy atom. The monoisotopic (exact) mass is 404 g/mol. The fraction of sp³-hybridized carbons (Fsp3) is 0.429. The van der Waals surface area contributed by atoms with Gasteiger partial charge in [-0.2, -0.15) is 0 Å². The zero-order valence-corrected chi connectivity index (χ0v) is 14.2. The second-order valence-corrected chi connectivity index (χ2v) is 4.46. The molecule has 0 bridgehead atoms. The van der Waals surface area contributed by atoms with Crippen molar-refractivity contribution in [2.75, 3.05) is 39.4 Å². The van der Waals surface area contributed by atoms with Gasteiger partial charge in [0.2, 0.25) is 0 Å². The third-order valence-corrected chi connectivity index (χ3v) is 3.04. The van der Waals surface area contributed by atoms with E-state index in [1.54, 1.807) is 12.1 Å². The molecule has 1 aliphatic rings. The summed E-state index contributed by atoms with van der Waals surface area (Å²) in [5.74, 6) is 0.424. The number of nitrogens with zero attached hydrogens (tertiary/aromatic N) is 2. The molecular formula is C14H21IN4O2. The molecule has 0 aromatic heterocycles. The van der Waals surface area contributed by atoms with E-state index in [1.165, 1.54) is 0 Å². The average Bonchev–Trinajstić information content (AvgIpc) is 2.53. The molecule has 1 heterocycles. The lowest BCUT2D eigenvalue weighted by Crippen LogP contribution is -2.45. The van der Waals surface area contributed by atoms with Crippen molar-refractivity contribution in [2.45, 2.75) is 0 Å². The minimum absolute atomic E-state index is 0. The van der Waals surface area contributed by atoms with Gasteiger partial charge in [-0.1, -0.05) is 18.2 Å². The van der Waals surface area contributed by atoms with Crippen molar-refractivity contribution in [3.63, 3.8) is 0 Å². The van der Waals surface area contributed by atoms with E-state index in [1.807, 2.05) is 23.1 Å². The molecule has 1 aromatic rings. The summed E-state index contributed by atoms with van der Waals surface area (Å²) in [5.41, 5.74) is 6.53. The van der Waals surface area contributed by atoms with Gasteiger partial charge in [0.1, 0.15) is 0 Å². The maximum atomic E-state index is 11.8. The van der Waals surface area contributed by atoms with E-state index in [0.29, 0.717) is 37.8 Å². The number of halogens is 1. The molecule has 1 aromatic carbocycles. The molecule has 2 rings (SSSR count). The molecule has 1 fully saturated rings. The van der Waals surface area contributed by atoms with E-state index >= 15 is 0 Å². The van der Waals surface area contributed by atoms with Gasteiger partial charge in [0.05, 0.1) is 19.8 Å². The van der Waals surface area contributed by atoms with E-state index in [0.717, 1.165) is 13.1 Å². The fourth-order valence-electron chi connectivity index (χ4n) is 1.92. The Kier molecular flexibility index (Phi) is 8.06. The van der Waals surface area contributed by atoms with Gasteiger partial charge in [-0.25, -0.2) is 0 Å². The maximum Gasteiger partial charge on any atom is 0.251 e. The van der Waals surface area contributed by atoms with Crippen molar-refractivity contribution in [3.8, 4) is 0 Å². The van der Waals surface area contributed by atoms with E-state index in [9.17, 15) is 4.79 Å². The van der Waals surface area contributed by atoms with Gasteiger partial charge in [0.15, 0.2) is 5.96 Å². The molecule has 3 N–H and O–H groups in total. The number of nitrogens with two attached hydrogens (primary N) is 1. The quantitative estimate of drug-likeness (QED) is 0.335. The van der Waals surface area contributed by atoms with Gasteiger partial charge < -0.3 is 20.7 Å². The largest absolute Gasteiger partial charge is 0.378 e. The third-order valence-electron chi connectivity index (χ3n) is 3.04. The molecule has 1 aliphatic heterocycles. The van der Waals surface area contributed by atoms with Crippen molar-refractivity contribution in [3.05, 3.63) is 35.9 Å². The number of carbonyl (C=O) groups is 1. The molecule has 0 saturated carbocycles. The van der Waals surface area contributed by atoms with Crippen LogP contribution in [0.5, 0.6) is 0 Å². The summed E-state index contributed by atoms with van der Waals surface area (Å²) in [5, 5.41) is 2.81. The van der Waals surface area contributed by atoms with Crippen LogP contribution in [0.4, 0.5) is 0 Å². The molecule has 116 valence electrons. The van der Waals surface area contributed by atoms with E-state index in [2.05, 4.69) is 10.3 Å². The predicted molar refractivity (Wildman–Crippen MR) is 93.1 cm³/mol. The minimum Gasteiger partial charge on any atom is -0.378 e. The maximum absolute atomic E-state index is 11.8. The first kappa shape index (κ1) is 17.7. The molecule has 1 amide bonds. The van der Waals surface area contributed by atoms with Crippen LogP contribution in [-0.4, -0.2) is 56.2 Å². The van der Waals surface area contributed by atoms with Crippen LogP contribution in [0.1, 0.15) is 10.4 Å². The molecule has 6 nitrogen and oxygen atoms in total. The lowest BCUT2D eigenvalue weighted by Gasteiger charge is -2.27. The normalized spacial score (nSPS) is 15.2. The highest BCUT2D eigenvalue weighted by Crippen LogP contribution is 1.98. The zero-order valence-electron chi connectivity index (χ0n) is 11.8. The molecular weight excluding hydrogens is 383 g/mol. The van der Waals surface area contributed by atoms with E-state index < -0.39 is 0 Å². The van der Waals surface area contributed by atoms with Crippen LogP contribution in [0.25, 0.3) is 0 Å². The lowest BCUT2D eigenvalue weighted by molar-refractivity contribution is 0.0674. The van der Waals surface area contributed by atoms with Gasteiger partial charge in [-0.05, 0) is 12.1 Å². The minimum atomic E-state index is -0.0919. The van der Waals surface area contributed by atoms with E-state index in [4.69, 9.17) is 10.5 Å². The molecule has 0 aliphatic carbocycles. The van der Waals surface area contributed by atoms with Gasteiger partial charge >= 0.3 is 0 Å². The Bertz CT molecular complexity index is 461.